The minimum atomic E-state index is -3.07. The fourth-order valence-corrected chi connectivity index (χ4v) is 6.38. The Morgan fingerprint density at radius 2 is 2.04 bits per heavy atom. The third-order valence-electron chi connectivity index (χ3n) is 5.02. The number of sulfone groups is 1. The van der Waals surface area contributed by atoms with E-state index in [0.717, 1.165) is 31.2 Å². The van der Waals surface area contributed by atoms with Gasteiger partial charge < -0.3 is 9.64 Å². The van der Waals surface area contributed by atoms with E-state index in [1.807, 2.05) is 5.38 Å². The molecular weight excluding hydrogens is 362 g/mol. The predicted octanol–water partition coefficient (Wildman–Crippen LogP) is 1.82. The molecule has 1 aromatic heterocycles. The van der Waals surface area contributed by atoms with Crippen molar-refractivity contribution in [2.24, 2.45) is 0 Å². The molecule has 2 aliphatic rings. The first-order chi connectivity index (χ1) is 11.8. The molecule has 0 N–H and O–H groups in total. The molecule has 3 rings (SSSR count). The van der Waals surface area contributed by atoms with Gasteiger partial charge in [0.15, 0.2) is 15.9 Å². The lowest BCUT2D eigenvalue weighted by Crippen LogP contribution is -2.44. The van der Waals surface area contributed by atoms with Crippen LogP contribution in [0.4, 0.5) is 0 Å². The Labute approximate surface area is 152 Å². The second-order valence-electron chi connectivity index (χ2n) is 6.81. The number of carbonyl (C=O) groups excluding carboxylic acids is 2. The molecule has 0 radical (unpaired) electrons. The molecule has 0 unspecified atom stereocenters. The van der Waals surface area contributed by atoms with E-state index in [-0.39, 0.29) is 23.5 Å². The van der Waals surface area contributed by atoms with Gasteiger partial charge in [-0.2, -0.15) is 0 Å². The second kappa shape index (κ2) is 7.07. The van der Waals surface area contributed by atoms with Crippen LogP contribution in [-0.4, -0.2) is 55.9 Å². The Balaban J connectivity index is 1.63. The van der Waals surface area contributed by atoms with Gasteiger partial charge in [-0.25, -0.2) is 13.2 Å². The molecule has 6 nitrogen and oxygen atoms in total. The monoisotopic (exact) mass is 385 g/mol. The molecule has 0 bridgehead atoms. The zero-order valence-electron chi connectivity index (χ0n) is 14.5. The van der Waals surface area contributed by atoms with Crippen molar-refractivity contribution in [1.82, 2.24) is 4.90 Å². The Morgan fingerprint density at radius 3 is 2.72 bits per heavy atom. The fourth-order valence-electron chi connectivity index (χ4n) is 3.49. The van der Waals surface area contributed by atoms with Crippen LogP contribution in [0.25, 0.3) is 0 Å². The van der Waals surface area contributed by atoms with Crippen LogP contribution in [0.1, 0.15) is 47.0 Å². The fraction of sp³-hybridized carbons (Fsp3) is 0.647. The molecule has 1 saturated heterocycles. The number of esters is 1. The molecule has 1 aromatic rings. The Kier molecular flexibility index (Phi) is 5.20. The maximum absolute atomic E-state index is 12.5. The van der Waals surface area contributed by atoms with Crippen molar-refractivity contribution in [3.05, 3.63) is 21.4 Å². The first-order valence-corrected chi connectivity index (χ1v) is 11.3. The standard InChI is InChI=1S/C17H23NO5S2/c1-11(16(19)18(2)12-7-8-25(21,22)10-12)23-17(20)14-9-24-15-6-4-3-5-13(14)15/h9,11-12H,3-8,10H2,1-2H3/t11-,12+/m0/s1. The SMILES string of the molecule is C[C@H](OC(=O)c1csc2c1CCCC2)C(=O)N(C)[C@@H]1CCS(=O)(=O)C1. The molecular formula is C17H23NO5S2. The van der Waals surface area contributed by atoms with Crippen LogP contribution in [0, 0.1) is 0 Å². The van der Waals surface area contributed by atoms with Crippen molar-refractivity contribution in [2.75, 3.05) is 18.6 Å². The van der Waals surface area contributed by atoms with Gasteiger partial charge in [-0.3, -0.25) is 4.79 Å². The highest BCUT2D eigenvalue weighted by molar-refractivity contribution is 7.91. The van der Waals surface area contributed by atoms with E-state index >= 15 is 0 Å². The number of likely N-dealkylation sites (N-methyl/N-ethyl adjacent to an activating group) is 1. The average molecular weight is 386 g/mol. The van der Waals surface area contributed by atoms with Crippen LogP contribution in [0.3, 0.4) is 0 Å². The Morgan fingerprint density at radius 1 is 1.32 bits per heavy atom. The Bertz CT molecular complexity index is 783. The molecule has 2 atom stereocenters. The van der Waals surface area contributed by atoms with E-state index in [1.54, 1.807) is 25.3 Å². The highest BCUT2D eigenvalue weighted by atomic mass is 32.2. The molecule has 2 heterocycles. The number of amides is 1. The summed E-state index contributed by atoms with van der Waals surface area (Å²) in [4.78, 5) is 27.6. The first-order valence-electron chi connectivity index (χ1n) is 8.56. The van der Waals surface area contributed by atoms with Crippen LogP contribution >= 0.6 is 11.3 Å². The van der Waals surface area contributed by atoms with Crippen LogP contribution in [0.15, 0.2) is 5.38 Å². The minimum Gasteiger partial charge on any atom is -0.449 e. The molecule has 0 spiro atoms. The van der Waals surface area contributed by atoms with E-state index in [1.165, 1.54) is 9.78 Å². The third kappa shape index (κ3) is 3.89. The summed E-state index contributed by atoms with van der Waals surface area (Å²) in [5, 5.41) is 1.82. The number of thiophene rings is 1. The van der Waals surface area contributed by atoms with Crippen molar-refractivity contribution in [3.8, 4) is 0 Å². The van der Waals surface area contributed by atoms with Gasteiger partial charge in [-0.1, -0.05) is 0 Å². The number of hydrogen-bond donors (Lipinski definition) is 0. The lowest BCUT2D eigenvalue weighted by atomic mass is 9.96. The van der Waals surface area contributed by atoms with E-state index in [2.05, 4.69) is 0 Å². The number of aryl methyl sites for hydroxylation is 1. The van der Waals surface area contributed by atoms with Gasteiger partial charge in [0.25, 0.3) is 5.91 Å². The van der Waals surface area contributed by atoms with Crippen LogP contribution in [-0.2, 0) is 32.2 Å². The zero-order valence-corrected chi connectivity index (χ0v) is 16.1. The lowest BCUT2D eigenvalue weighted by Gasteiger charge is -2.26. The van der Waals surface area contributed by atoms with E-state index in [0.29, 0.717) is 12.0 Å². The molecule has 1 aliphatic heterocycles. The normalized spacial score (nSPS) is 22.9. The number of rotatable bonds is 4. The average Bonchev–Trinajstić information content (AvgIpc) is 3.16. The summed E-state index contributed by atoms with van der Waals surface area (Å²) in [6.45, 7) is 1.54. The third-order valence-corrected chi connectivity index (χ3v) is 7.86. The molecule has 138 valence electrons. The van der Waals surface area contributed by atoms with Crippen molar-refractivity contribution in [1.29, 1.82) is 0 Å². The topological polar surface area (TPSA) is 80.8 Å². The maximum Gasteiger partial charge on any atom is 0.340 e. The van der Waals surface area contributed by atoms with E-state index < -0.39 is 21.9 Å². The van der Waals surface area contributed by atoms with Gasteiger partial charge in [0, 0.05) is 23.3 Å². The van der Waals surface area contributed by atoms with Crippen molar-refractivity contribution < 1.29 is 22.7 Å². The largest absolute Gasteiger partial charge is 0.449 e. The van der Waals surface area contributed by atoms with Crippen LogP contribution in [0.2, 0.25) is 0 Å². The number of fused-ring (bicyclic) bond motifs is 1. The van der Waals surface area contributed by atoms with E-state index in [4.69, 9.17) is 4.74 Å². The summed E-state index contributed by atoms with van der Waals surface area (Å²) >= 11 is 1.58. The van der Waals surface area contributed by atoms with Gasteiger partial charge >= 0.3 is 5.97 Å². The predicted molar refractivity (Wildman–Crippen MR) is 95.7 cm³/mol. The second-order valence-corrected chi connectivity index (χ2v) is 10.0. The van der Waals surface area contributed by atoms with Gasteiger partial charge in [-0.05, 0) is 44.6 Å². The number of nitrogens with zero attached hydrogens (tertiary/aromatic N) is 1. The number of ether oxygens (including phenoxy) is 1. The van der Waals surface area contributed by atoms with Crippen LogP contribution in [0.5, 0.6) is 0 Å². The van der Waals surface area contributed by atoms with Crippen molar-refractivity contribution >= 4 is 33.1 Å². The molecule has 0 aromatic carbocycles. The summed E-state index contributed by atoms with van der Waals surface area (Å²) in [5.74, 6) is -0.745. The maximum atomic E-state index is 12.5. The van der Waals surface area contributed by atoms with Crippen molar-refractivity contribution in [2.45, 2.75) is 51.2 Å². The summed E-state index contributed by atoms with van der Waals surface area (Å²) in [7, 11) is -1.49. The van der Waals surface area contributed by atoms with Gasteiger partial charge in [0.2, 0.25) is 0 Å². The summed E-state index contributed by atoms with van der Waals surface area (Å²) in [6, 6.07) is -0.340. The minimum absolute atomic E-state index is 0.0199. The zero-order chi connectivity index (χ0) is 18.2. The van der Waals surface area contributed by atoms with Crippen LogP contribution < -0.4 is 0 Å². The van der Waals surface area contributed by atoms with E-state index in [9.17, 15) is 18.0 Å². The smallest absolute Gasteiger partial charge is 0.340 e. The highest BCUT2D eigenvalue weighted by Gasteiger charge is 2.35. The quantitative estimate of drug-likeness (QED) is 0.739. The number of hydrogen-bond acceptors (Lipinski definition) is 6. The van der Waals surface area contributed by atoms with Crippen molar-refractivity contribution in [3.63, 3.8) is 0 Å². The summed E-state index contributed by atoms with van der Waals surface area (Å²) in [6.07, 6.45) is 3.60. The number of carbonyl (C=O) groups is 2. The van der Waals surface area contributed by atoms with Gasteiger partial charge in [-0.15, -0.1) is 11.3 Å². The first kappa shape index (κ1) is 18.4. The molecule has 1 fully saturated rings. The molecule has 25 heavy (non-hydrogen) atoms. The van der Waals surface area contributed by atoms with Gasteiger partial charge in [0.05, 0.1) is 17.1 Å². The van der Waals surface area contributed by atoms with Gasteiger partial charge in [0.1, 0.15) is 0 Å². The summed E-state index contributed by atoms with van der Waals surface area (Å²) in [5.41, 5.74) is 1.64. The molecule has 1 amide bonds. The molecule has 0 saturated carbocycles. The lowest BCUT2D eigenvalue weighted by molar-refractivity contribution is -0.140. The Hall–Kier alpha value is -1.41. The summed E-state index contributed by atoms with van der Waals surface area (Å²) < 4.78 is 28.6. The molecule has 1 aliphatic carbocycles. The highest BCUT2D eigenvalue weighted by Crippen LogP contribution is 2.31. The molecule has 8 heteroatoms.